The maximum atomic E-state index is 13.4. The lowest BCUT2D eigenvalue weighted by molar-refractivity contribution is 0.0691. The minimum absolute atomic E-state index is 0.00917. The van der Waals surface area contributed by atoms with E-state index in [1.807, 2.05) is 0 Å². The molecular weight excluding hydrogens is 265 g/mol. The molecule has 2 N–H and O–H groups in total. The molecule has 15 heavy (non-hydrogen) atoms. The van der Waals surface area contributed by atoms with Crippen LogP contribution in [0, 0.1) is 12.7 Å². The molecule has 2 aromatic rings. The Kier molecular flexibility index (Phi) is 2.26. The third-order valence-electron chi connectivity index (χ3n) is 2.30. The molecule has 0 aliphatic heterocycles. The number of halogens is 2. The summed E-state index contributed by atoms with van der Waals surface area (Å²) in [4.78, 5) is 13.2. The van der Waals surface area contributed by atoms with Crippen LogP contribution in [0.2, 0.25) is 0 Å². The van der Waals surface area contributed by atoms with Crippen LogP contribution >= 0.6 is 15.9 Å². The van der Waals surface area contributed by atoms with Gasteiger partial charge >= 0.3 is 5.97 Å². The third kappa shape index (κ3) is 1.52. The van der Waals surface area contributed by atoms with Gasteiger partial charge in [0.25, 0.3) is 0 Å². The maximum Gasteiger partial charge on any atom is 0.352 e. The second kappa shape index (κ2) is 3.34. The van der Waals surface area contributed by atoms with E-state index < -0.39 is 11.8 Å². The summed E-state index contributed by atoms with van der Waals surface area (Å²) in [5.74, 6) is -1.56. The van der Waals surface area contributed by atoms with Crippen molar-refractivity contribution in [1.82, 2.24) is 4.98 Å². The number of aryl methyl sites for hydroxylation is 1. The molecule has 0 fully saturated rings. The molecule has 0 amide bonds. The molecule has 0 atom stereocenters. The fourth-order valence-electron chi connectivity index (χ4n) is 1.47. The van der Waals surface area contributed by atoms with Gasteiger partial charge in [-0.25, -0.2) is 9.18 Å². The van der Waals surface area contributed by atoms with Crippen LogP contribution in [0.4, 0.5) is 4.39 Å². The maximum absolute atomic E-state index is 13.4. The van der Waals surface area contributed by atoms with Crippen molar-refractivity contribution >= 4 is 32.8 Å². The Hall–Kier alpha value is -1.36. The van der Waals surface area contributed by atoms with Gasteiger partial charge in [0, 0.05) is 9.86 Å². The van der Waals surface area contributed by atoms with Crippen LogP contribution in [-0.2, 0) is 0 Å². The number of aromatic amines is 1. The standard InChI is InChI=1S/C10H7BrFNO2/c1-4-5-2-8(10(14)15)13-9(5)7(12)3-6(4)11/h2-3,13H,1H3,(H,14,15). The number of fused-ring (bicyclic) bond motifs is 1. The molecule has 3 nitrogen and oxygen atoms in total. The van der Waals surface area contributed by atoms with Crippen LogP contribution < -0.4 is 0 Å². The molecule has 0 aliphatic rings. The molecule has 1 heterocycles. The van der Waals surface area contributed by atoms with Crippen molar-refractivity contribution in [3.63, 3.8) is 0 Å². The lowest BCUT2D eigenvalue weighted by Gasteiger charge is -2.00. The molecule has 0 spiro atoms. The summed E-state index contributed by atoms with van der Waals surface area (Å²) in [6.45, 7) is 1.80. The predicted molar refractivity (Wildman–Crippen MR) is 57.7 cm³/mol. The van der Waals surface area contributed by atoms with Crippen molar-refractivity contribution in [2.24, 2.45) is 0 Å². The molecule has 5 heteroatoms. The van der Waals surface area contributed by atoms with Crippen molar-refractivity contribution in [3.8, 4) is 0 Å². The highest BCUT2D eigenvalue weighted by molar-refractivity contribution is 9.10. The molecule has 0 aliphatic carbocycles. The topological polar surface area (TPSA) is 53.1 Å². The molecule has 0 saturated heterocycles. The fraction of sp³-hybridized carbons (Fsp3) is 0.100. The van der Waals surface area contributed by atoms with Crippen LogP contribution in [0.5, 0.6) is 0 Å². The zero-order chi connectivity index (χ0) is 11.2. The average Bonchev–Trinajstić information content (AvgIpc) is 2.59. The van der Waals surface area contributed by atoms with E-state index in [1.54, 1.807) is 6.92 Å². The first-order valence-corrected chi connectivity index (χ1v) is 5.00. The van der Waals surface area contributed by atoms with E-state index >= 15 is 0 Å². The third-order valence-corrected chi connectivity index (χ3v) is 3.13. The van der Waals surface area contributed by atoms with Gasteiger partial charge in [0.1, 0.15) is 11.5 Å². The van der Waals surface area contributed by atoms with Gasteiger partial charge in [0.15, 0.2) is 0 Å². The molecule has 0 radical (unpaired) electrons. The SMILES string of the molecule is Cc1c(Br)cc(F)c2[nH]c(C(=O)O)cc12. The van der Waals surface area contributed by atoms with E-state index in [0.717, 1.165) is 5.56 Å². The number of carboxylic acid groups (broad SMARTS) is 1. The zero-order valence-corrected chi connectivity index (χ0v) is 9.35. The summed E-state index contributed by atoms with van der Waals surface area (Å²) in [5.41, 5.74) is 1.04. The van der Waals surface area contributed by atoms with Crippen molar-refractivity contribution in [2.45, 2.75) is 6.92 Å². The number of carboxylic acids is 1. The van der Waals surface area contributed by atoms with Gasteiger partial charge in [-0.15, -0.1) is 0 Å². The molecule has 2 rings (SSSR count). The van der Waals surface area contributed by atoms with E-state index in [9.17, 15) is 9.18 Å². The normalized spacial score (nSPS) is 10.9. The van der Waals surface area contributed by atoms with Crippen LogP contribution in [0.15, 0.2) is 16.6 Å². The van der Waals surface area contributed by atoms with E-state index in [0.29, 0.717) is 9.86 Å². The van der Waals surface area contributed by atoms with E-state index in [4.69, 9.17) is 5.11 Å². The largest absolute Gasteiger partial charge is 0.477 e. The highest BCUT2D eigenvalue weighted by atomic mass is 79.9. The lowest BCUT2D eigenvalue weighted by atomic mass is 10.1. The minimum atomic E-state index is -1.10. The monoisotopic (exact) mass is 271 g/mol. The van der Waals surface area contributed by atoms with Crippen LogP contribution in [0.3, 0.4) is 0 Å². The second-order valence-corrected chi connectivity index (χ2v) is 4.10. The zero-order valence-electron chi connectivity index (χ0n) is 7.77. The first-order valence-electron chi connectivity index (χ1n) is 4.21. The van der Waals surface area contributed by atoms with Gasteiger partial charge in [-0.05, 0) is 24.6 Å². The molecule has 0 bridgehead atoms. The number of carbonyl (C=O) groups is 1. The lowest BCUT2D eigenvalue weighted by Crippen LogP contribution is -1.95. The quantitative estimate of drug-likeness (QED) is 0.838. The van der Waals surface area contributed by atoms with Gasteiger partial charge in [-0.1, -0.05) is 15.9 Å². The van der Waals surface area contributed by atoms with Crippen molar-refractivity contribution < 1.29 is 14.3 Å². The molecule has 78 valence electrons. The predicted octanol–water partition coefficient (Wildman–Crippen LogP) is 3.08. The Balaban J connectivity index is 2.85. The highest BCUT2D eigenvalue weighted by Gasteiger charge is 2.13. The smallest absolute Gasteiger partial charge is 0.352 e. The van der Waals surface area contributed by atoms with Crippen molar-refractivity contribution in [3.05, 3.63) is 33.7 Å². The Morgan fingerprint density at radius 1 is 1.53 bits per heavy atom. The second-order valence-electron chi connectivity index (χ2n) is 3.24. The number of hydrogen-bond acceptors (Lipinski definition) is 1. The van der Waals surface area contributed by atoms with E-state index in [-0.39, 0.29) is 11.2 Å². The molecule has 1 aromatic carbocycles. The number of rotatable bonds is 1. The van der Waals surface area contributed by atoms with Gasteiger partial charge in [0.2, 0.25) is 0 Å². The first-order chi connectivity index (χ1) is 7.00. The fourth-order valence-corrected chi connectivity index (χ4v) is 1.89. The molecule has 0 unspecified atom stereocenters. The summed E-state index contributed by atoms with van der Waals surface area (Å²) in [6, 6.07) is 2.75. The average molecular weight is 272 g/mol. The Bertz CT molecular complexity index is 562. The summed E-state index contributed by atoms with van der Waals surface area (Å²) in [6.07, 6.45) is 0. The van der Waals surface area contributed by atoms with Gasteiger partial charge in [-0.2, -0.15) is 0 Å². The van der Waals surface area contributed by atoms with Crippen LogP contribution in [0.25, 0.3) is 10.9 Å². The minimum Gasteiger partial charge on any atom is -0.477 e. The number of nitrogens with one attached hydrogen (secondary N) is 1. The van der Waals surface area contributed by atoms with Crippen molar-refractivity contribution in [2.75, 3.05) is 0 Å². The Morgan fingerprint density at radius 3 is 2.80 bits per heavy atom. The van der Waals surface area contributed by atoms with Crippen molar-refractivity contribution in [1.29, 1.82) is 0 Å². The Labute approximate surface area is 93.0 Å². The van der Waals surface area contributed by atoms with Crippen LogP contribution in [-0.4, -0.2) is 16.1 Å². The highest BCUT2D eigenvalue weighted by Crippen LogP contribution is 2.28. The number of benzene rings is 1. The van der Waals surface area contributed by atoms with Crippen LogP contribution in [0.1, 0.15) is 16.1 Å². The number of hydrogen-bond donors (Lipinski definition) is 2. The first kappa shape index (κ1) is 10.2. The van der Waals surface area contributed by atoms with E-state index in [2.05, 4.69) is 20.9 Å². The number of H-pyrrole nitrogens is 1. The molecule has 1 aromatic heterocycles. The number of aromatic nitrogens is 1. The molecular formula is C10H7BrFNO2. The van der Waals surface area contributed by atoms with Gasteiger partial charge in [-0.3, -0.25) is 0 Å². The molecule has 0 saturated carbocycles. The van der Waals surface area contributed by atoms with Gasteiger partial charge < -0.3 is 10.1 Å². The summed E-state index contributed by atoms with van der Waals surface area (Å²) in [7, 11) is 0. The summed E-state index contributed by atoms with van der Waals surface area (Å²) < 4.78 is 14.1. The summed E-state index contributed by atoms with van der Waals surface area (Å²) >= 11 is 3.21. The van der Waals surface area contributed by atoms with Gasteiger partial charge in [0.05, 0.1) is 5.52 Å². The number of aromatic carboxylic acids is 1. The summed E-state index contributed by atoms with van der Waals surface area (Å²) in [5, 5.41) is 9.35. The van der Waals surface area contributed by atoms with E-state index in [1.165, 1.54) is 12.1 Å². The Morgan fingerprint density at radius 2 is 2.20 bits per heavy atom.